The Morgan fingerprint density at radius 3 is 1.26 bits per heavy atom. The third-order valence-corrected chi connectivity index (χ3v) is 41.1. The van der Waals surface area contributed by atoms with Crippen LogP contribution in [0.15, 0.2) is 318 Å². The molecule has 0 radical (unpaired) electrons. The Morgan fingerprint density at radius 2 is 0.708 bits per heavy atom. The minimum atomic E-state index is -2.30. The van der Waals surface area contributed by atoms with Gasteiger partial charge in [0.05, 0.1) is 16.6 Å². The second kappa shape index (κ2) is 24.0. The summed E-state index contributed by atoms with van der Waals surface area (Å²) in [5, 5.41) is 12.0. The molecule has 16 aromatic carbocycles. The maximum absolute atomic E-state index is 14.0. The second-order valence-corrected chi connectivity index (χ2v) is 41.8. The molecule has 0 unspecified atom stereocenters. The van der Waals surface area contributed by atoms with Crippen molar-refractivity contribution in [3.8, 4) is 68.7 Å². The molecule has 12 aliphatic rings. The summed E-state index contributed by atoms with van der Waals surface area (Å²) in [7, 11) is 0.107. The predicted molar refractivity (Wildman–Crippen MR) is 512 cm³/mol. The summed E-state index contributed by atoms with van der Waals surface area (Å²) in [5.41, 5.74) is 34.5. The summed E-state index contributed by atoms with van der Waals surface area (Å²) in [4.78, 5) is 0. The van der Waals surface area contributed by atoms with Gasteiger partial charge in [0.15, 0.2) is 0 Å². The van der Waals surface area contributed by atoms with Gasteiger partial charge >= 0.3 is 215 Å². The van der Waals surface area contributed by atoms with Crippen LogP contribution in [0.1, 0.15) is 16.7 Å². The average molecular weight is 1670 g/mol. The van der Waals surface area contributed by atoms with Crippen LogP contribution in [0.4, 0.5) is 2.86 Å². The molecule has 32 rings (SSSR count). The van der Waals surface area contributed by atoms with Crippen LogP contribution in [0, 0.1) is 20.8 Å². The number of aromatic nitrogens is 4. The van der Waals surface area contributed by atoms with E-state index in [1.807, 2.05) is 0 Å². The molecule has 20 aromatic rings. The van der Waals surface area contributed by atoms with Gasteiger partial charge in [-0.2, -0.15) is 0 Å². The first-order valence-corrected chi connectivity index (χ1v) is 46.0. The number of nitrogens with zero attached hydrogens (tertiary/aromatic N) is 5. The van der Waals surface area contributed by atoms with Crippen molar-refractivity contribution in [3.05, 3.63) is 332 Å². The van der Waals surface area contributed by atoms with Gasteiger partial charge in [-0.15, -0.1) is 0 Å². The second-order valence-electron chi connectivity index (χ2n) is 34.7. The summed E-state index contributed by atoms with van der Waals surface area (Å²) in [6.07, 6.45) is 0.0921. The molecule has 0 aliphatic carbocycles. The van der Waals surface area contributed by atoms with Crippen LogP contribution in [0.3, 0.4) is 0 Å². The molecule has 12 aliphatic heterocycles. The number of aryl methyl sites for hydroxylation is 3. The van der Waals surface area contributed by atoms with E-state index in [2.05, 4.69) is 354 Å². The van der Waals surface area contributed by atoms with Gasteiger partial charge in [-0.25, -0.2) is 0 Å². The SMILES string of the molecule is Cc1cc2c3c(c1)-n1c4ccccc4c4cccc(c41)B3c1ccccc1O2.Cc1ccc2c3c1-n1c4ccccc4c4cccc(c41)B3c1ccccc1O2.Cc1ccc2c3c1Oc1ccccc1B3c1cccc3c4ccccc4n-2c13.FI=NP12(c3cccc4c3c3cccc5c3n4-c3cccc4c3B5c3ccccc3O4)B3[BH2-]B1B32.[F-]. The Morgan fingerprint density at radius 1 is 0.325 bits per heavy atom. The Hall–Kier alpha value is -12.7. The number of para-hydroxylation sites is 11. The minimum absolute atomic E-state index is 0. The zero-order chi connectivity index (χ0) is 77.9. The van der Waals surface area contributed by atoms with Crippen molar-refractivity contribution < 1.29 is 26.5 Å². The van der Waals surface area contributed by atoms with Gasteiger partial charge in [-0.05, 0) is 147 Å². The fourth-order valence-electron chi connectivity index (χ4n) is 25.0. The molecular weight excluding hydrogens is 1610 g/mol. The van der Waals surface area contributed by atoms with Crippen molar-refractivity contribution in [2.24, 2.45) is 2.92 Å². The van der Waals surface area contributed by atoms with Gasteiger partial charge in [0.25, 0.3) is 20.1 Å². The van der Waals surface area contributed by atoms with Crippen molar-refractivity contribution in [1.82, 2.24) is 18.3 Å². The summed E-state index contributed by atoms with van der Waals surface area (Å²) in [6.45, 7) is 7.27. The van der Waals surface area contributed by atoms with Crippen LogP contribution in [0.2, 0.25) is 0 Å². The molecular formula is C99H63B8F2IN5O4P-2. The van der Waals surface area contributed by atoms with Crippen LogP contribution < -0.4 is 94.5 Å². The molecule has 4 saturated heterocycles. The molecule has 4 aromatic heterocycles. The first kappa shape index (κ1) is 68.2. The molecule has 2 bridgehead atoms. The first-order valence-electron chi connectivity index (χ1n) is 41.8. The van der Waals surface area contributed by atoms with Crippen molar-refractivity contribution in [3.63, 3.8) is 0 Å². The van der Waals surface area contributed by atoms with Crippen molar-refractivity contribution >= 4 is 239 Å². The standard InChI is InChI=1S/3C25H16BNO.C24H15B5FIN2OP.FH/c1-15-13-21-24-23(14-15)28-22-12-5-3-9-18(22)26(24)19-10-6-8-17-16-7-2-4-11-20(16)27(21)25(17)19;1-15-13-14-21-23-25(15)28-22-12-5-3-9-18(22)26(23)19-10-6-8-17-16-7-2-4-11-20(16)27(21)24(17)19;1-15-13-14-22-23-24(15)27-20-11-4-2-7-16(20)17-8-6-10-19(25(17)27)26(23)18-9-3-5-12-21(18)28-22;30-31-32-35(27-25-28(35)29(27)35)21-13-5-9-17-22(21)14-6-3-8-16-24(14)33(17)18-10-4-12-20-23(18)26(16)15-7-1-2-11-19(15)34-20;/h3*2-14H,1H3;1-13H,25H2;1H/q;;;-1;/p-1. The van der Waals surface area contributed by atoms with Gasteiger partial charge in [0.1, 0.15) is 34.5 Å². The zero-order valence-electron chi connectivity index (χ0n) is 65.5. The monoisotopic (exact) mass is 1670 g/mol. The van der Waals surface area contributed by atoms with Crippen LogP contribution in [-0.4, -0.2) is 70.8 Å². The number of benzene rings is 16. The molecule has 120 heavy (non-hydrogen) atoms. The smallest absolute Gasteiger partial charge is 1.00 e. The first-order chi connectivity index (χ1) is 58.8. The van der Waals surface area contributed by atoms with Crippen LogP contribution in [0.25, 0.3) is 110 Å². The maximum atomic E-state index is 14.0. The normalized spacial score (nSPS) is 15.6. The van der Waals surface area contributed by atoms with E-state index in [-0.39, 0.29) is 38.6 Å². The van der Waals surface area contributed by atoms with Gasteiger partial charge in [-0.3, -0.25) is 0 Å². The van der Waals surface area contributed by atoms with E-state index in [1.54, 1.807) is 0 Å². The van der Waals surface area contributed by atoms with E-state index in [4.69, 9.17) is 21.9 Å². The van der Waals surface area contributed by atoms with Crippen molar-refractivity contribution in [2.75, 3.05) is 0 Å². The van der Waals surface area contributed by atoms with Gasteiger partial charge in [-0.1, -0.05) is 176 Å². The predicted octanol–water partition coefficient (Wildman–Crippen LogP) is 12.3. The Balaban J connectivity index is 0.0000000848. The fourth-order valence-corrected chi connectivity index (χ4v) is 39.4. The quantitative estimate of drug-likeness (QED) is 0.0982. The van der Waals surface area contributed by atoms with Crippen LogP contribution >= 0.6 is 28.0 Å². The van der Waals surface area contributed by atoms with E-state index >= 15 is 0 Å². The Bertz CT molecular complexity index is 8180. The van der Waals surface area contributed by atoms with E-state index in [9.17, 15) is 2.86 Å². The van der Waals surface area contributed by atoms with Gasteiger partial charge in [0, 0.05) is 65.9 Å². The topological polar surface area (TPSA) is 69.0 Å². The number of halogens is 3. The van der Waals surface area contributed by atoms with Crippen LogP contribution in [-0.2, 0) is 0 Å². The summed E-state index contributed by atoms with van der Waals surface area (Å²) in [5.74, 6) is 7.79. The maximum Gasteiger partial charge on any atom is -1.00 e. The molecule has 16 heterocycles. The third kappa shape index (κ3) is 8.30. The van der Waals surface area contributed by atoms with Gasteiger partial charge < -0.3 is 32.6 Å². The largest absolute Gasteiger partial charge is 1.00 e. The number of hydrogen-bond acceptors (Lipinski definition) is 5. The zero-order valence-corrected chi connectivity index (χ0v) is 68.6. The number of rotatable bonds is 2. The molecule has 0 amide bonds. The van der Waals surface area contributed by atoms with Crippen molar-refractivity contribution in [1.29, 1.82) is 0 Å². The minimum Gasteiger partial charge on any atom is -1.00 e. The number of fused-ring (bicyclic) bond motifs is 28. The fraction of sp³-hybridized carbons (Fsp3) is 0.0303. The van der Waals surface area contributed by atoms with E-state index in [0.717, 1.165) is 64.6 Å². The summed E-state index contributed by atoms with van der Waals surface area (Å²) in [6, 6.07) is 114. The van der Waals surface area contributed by atoms with E-state index in [1.165, 1.54) is 198 Å². The molecule has 0 spiro atoms. The molecule has 0 N–H and O–H groups in total. The number of hydrogen-bond donors (Lipinski definition) is 0. The number of ether oxygens (including phenoxy) is 4. The summed E-state index contributed by atoms with van der Waals surface area (Å²) < 4.78 is 54.4. The average Bonchev–Trinajstić information content (AvgIpc) is 1.36. The van der Waals surface area contributed by atoms with Crippen LogP contribution in [0.5, 0.6) is 46.0 Å². The molecule has 0 atom stereocenters. The molecule has 4 fully saturated rings. The Kier molecular flexibility index (Phi) is 13.7. The van der Waals surface area contributed by atoms with E-state index in [0.29, 0.717) is 0 Å². The molecule has 560 valence electrons. The van der Waals surface area contributed by atoms with Gasteiger partial charge in [0.2, 0.25) is 0 Å². The molecule has 0 saturated carbocycles. The Labute approximate surface area is 702 Å². The summed E-state index contributed by atoms with van der Waals surface area (Å²) >= 11 is -1.54. The van der Waals surface area contributed by atoms with E-state index < -0.39 is 28.0 Å². The van der Waals surface area contributed by atoms with Crippen molar-refractivity contribution in [2.45, 2.75) is 20.8 Å². The molecule has 9 nitrogen and oxygen atoms in total. The third-order valence-electron chi connectivity index (χ3n) is 29.7. The molecule has 21 heteroatoms.